The summed E-state index contributed by atoms with van der Waals surface area (Å²) in [6, 6.07) is 11.1. The van der Waals surface area contributed by atoms with Gasteiger partial charge in [-0.05, 0) is 57.6 Å². The van der Waals surface area contributed by atoms with Gasteiger partial charge in [0.25, 0.3) is 5.56 Å². The highest BCUT2D eigenvalue weighted by Crippen LogP contribution is 2.43. The zero-order chi connectivity index (χ0) is 16.9. The smallest absolute Gasteiger partial charge is 0.251 e. The third kappa shape index (κ3) is 4.68. The highest BCUT2D eigenvalue weighted by Gasteiger charge is 2.17. The van der Waals surface area contributed by atoms with Gasteiger partial charge in [-0.2, -0.15) is 0 Å². The van der Waals surface area contributed by atoms with Crippen LogP contribution >= 0.6 is 39.5 Å². The van der Waals surface area contributed by atoms with Gasteiger partial charge in [-0.25, -0.2) is 0 Å². The summed E-state index contributed by atoms with van der Waals surface area (Å²) in [5.41, 5.74) is 1.80. The maximum absolute atomic E-state index is 12.2. The summed E-state index contributed by atoms with van der Waals surface area (Å²) >= 11 is 7.21. The van der Waals surface area contributed by atoms with Crippen LogP contribution in [0.2, 0.25) is 0 Å². The second kappa shape index (κ2) is 8.27. The van der Waals surface area contributed by atoms with Crippen LogP contribution in [0.4, 0.5) is 5.69 Å². The molecule has 1 aliphatic rings. The lowest BCUT2D eigenvalue weighted by Gasteiger charge is -2.21. The molecule has 1 aromatic carbocycles. The van der Waals surface area contributed by atoms with Crippen molar-refractivity contribution < 1.29 is 4.79 Å². The van der Waals surface area contributed by atoms with Crippen LogP contribution in [0.1, 0.15) is 16.6 Å². The molecule has 2 aromatic rings. The molecule has 0 spiro atoms. The van der Waals surface area contributed by atoms with Crippen LogP contribution in [0.5, 0.6) is 0 Å². The first-order chi connectivity index (χ1) is 11.6. The van der Waals surface area contributed by atoms with Crippen molar-refractivity contribution in [3.63, 3.8) is 0 Å². The Balaban J connectivity index is 1.68. The predicted octanol–water partition coefficient (Wildman–Crippen LogP) is 4.12. The molecule has 126 valence electrons. The number of carbonyl (C=O) groups is 1. The Hall–Kier alpha value is -1.18. The predicted molar refractivity (Wildman–Crippen MR) is 106 cm³/mol. The summed E-state index contributed by atoms with van der Waals surface area (Å²) in [6.45, 7) is -0.00453. The van der Waals surface area contributed by atoms with Crippen LogP contribution < -0.4 is 10.9 Å². The van der Waals surface area contributed by atoms with E-state index >= 15 is 0 Å². The maximum Gasteiger partial charge on any atom is 0.251 e. The first-order valence-corrected chi connectivity index (χ1v) is 10.5. The number of hydrogen-bond donors (Lipinski definition) is 1. The minimum Gasteiger partial charge on any atom is -0.325 e. The second-order valence-electron chi connectivity index (χ2n) is 5.41. The fourth-order valence-corrected chi connectivity index (χ4v) is 5.68. The summed E-state index contributed by atoms with van der Waals surface area (Å²) in [4.78, 5) is 24.0. The molecule has 1 aliphatic heterocycles. The van der Waals surface area contributed by atoms with Gasteiger partial charge in [0.2, 0.25) is 5.91 Å². The van der Waals surface area contributed by atoms with Crippen molar-refractivity contribution in [1.29, 1.82) is 0 Å². The molecular weight excluding hydrogens is 408 g/mol. The Morgan fingerprint density at radius 1 is 1.25 bits per heavy atom. The molecule has 1 amide bonds. The number of rotatable bonds is 4. The Labute approximate surface area is 157 Å². The number of amides is 1. The van der Waals surface area contributed by atoms with Crippen molar-refractivity contribution in [2.24, 2.45) is 0 Å². The molecule has 0 saturated carbocycles. The number of anilines is 1. The second-order valence-corrected chi connectivity index (χ2v) is 9.05. The number of thioether (sulfide) groups is 2. The number of carbonyl (C=O) groups excluding carboxylic acids is 1. The van der Waals surface area contributed by atoms with Crippen molar-refractivity contribution >= 4 is 51.0 Å². The van der Waals surface area contributed by atoms with E-state index in [2.05, 4.69) is 27.3 Å². The lowest BCUT2D eigenvalue weighted by Crippen LogP contribution is -2.26. The van der Waals surface area contributed by atoms with Gasteiger partial charge in [-0.15, -0.1) is 23.5 Å². The molecule has 1 fully saturated rings. The van der Waals surface area contributed by atoms with Crippen molar-refractivity contribution in [3.05, 3.63) is 63.0 Å². The van der Waals surface area contributed by atoms with Gasteiger partial charge in [0.15, 0.2) is 0 Å². The number of hydrogen-bond acceptors (Lipinski definition) is 4. The van der Waals surface area contributed by atoms with E-state index in [0.29, 0.717) is 4.58 Å². The molecule has 3 rings (SSSR count). The molecule has 7 heteroatoms. The maximum atomic E-state index is 12.2. The van der Waals surface area contributed by atoms with E-state index in [4.69, 9.17) is 0 Å². The molecule has 1 N–H and O–H groups in total. The fourth-order valence-electron chi connectivity index (χ4n) is 2.42. The molecule has 0 radical (unpaired) electrons. The summed E-state index contributed by atoms with van der Waals surface area (Å²) in [5, 5.41) is 2.88. The Bertz CT molecular complexity index is 788. The minimum atomic E-state index is -0.212. The van der Waals surface area contributed by atoms with Crippen molar-refractivity contribution in [2.75, 3.05) is 16.8 Å². The number of halogens is 1. The topological polar surface area (TPSA) is 51.1 Å². The van der Waals surface area contributed by atoms with Crippen molar-refractivity contribution in [1.82, 2.24) is 4.57 Å². The number of nitrogens with zero attached hydrogens (tertiary/aromatic N) is 1. The van der Waals surface area contributed by atoms with E-state index < -0.39 is 0 Å². The summed E-state index contributed by atoms with van der Waals surface area (Å²) in [6.07, 6.45) is 2.87. The van der Waals surface area contributed by atoms with E-state index in [-0.39, 0.29) is 18.0 Å². The number of aromatic nitrogens is 1. The monoisotopic (exact) mass is 424 g/mol. The largest absolute Gasteiger partial charge is 0.325 e. The number of pyridine rings is 1. The van der Waals surface area contributed by atoms with Gasteiger partial charge >= 0.3 is 0 Å². The Kier molecular flexibility index (Phi) is 6.08. The fraction of sp³-hybridized carbons (Fsp3) is 0.294. The molecular formula is C17H17BrN2O2S2. The third-order valence-corrected chi connectivity index (χ3v) is 7.02. The SMILES string of the molecule is O=C(Cn1cc(Br)ccc1=O)Nc1cccc(C2SCCCS2)c1. The van der Waals surface area contributed by atoms with Gasteiger partial charge in [-0.3, -0.25) is 9.59 Å². The summed E-state index contributed by atoms with van der Waals surface area (Å²) < 4.78 is 2.59. The van der Waals surface area contributed by atoms with Gasteiger partial charge in [0.1, 0.15) is 6.54 Å². The zero-order valence-electron chi connectivity index (χ0n) is 12.9. The average Bonchev–Trinajstić information content (AvgIpc) is 2.59. The highest BCUT2D eigenvalue weighted by atomic mass is 79.9. The number of benzene rings is 1. The average molecular weight is 425 g/mol. The van der Waals surface area contributed by atoms with Crippen LogP contribution in [0, 0.1) is 0 Å². The first kappa shape index (κ1) is 17.6. The van der Waals surface area contributed by atoms with Crippen molar-refractivity contribution in [2.45, 2.75) is 17.5 Å². The third-order valence-electron chi connectivity index (χ3n) is 3.53. The molecule has 0 atom stereocenters. The van der Waals surface area contributed by atoms with Crippen molar-refractivity contribution in [3.8, 4) is 0 Å². The molecule has 1 aromatic heterocycles. The van der Waals surface area contributed by atoms with Crippen LogP contribution in [0.3, 0.4) is 0 Å². The number of nitrogens with one attached hydrogen (secondary N) is 1. The Morgan fingerprint density at radius 2 is 2.04 bits per heavy atom. The van der Waals surface area contributed by atoms with Crippen LogP contribution in [0.25, 0.3) is 0 Å². The lowest BCUT2D eigenvalue weighted by molar-refractivity contribution is -0.116. The highest BCUT2D eigenvalue weighted by molar-refractivity contribution is 9.10. The van der Waals surface area contributed by atoms with E-state index in [9.17, 15) is 9.59 Å². The quantitative estimate of drug-likeness (QED) is 0.801. The van der Waals surface area contributed by atoms with Crippen LogP contribution in [-0.4, -0.2) is 22.0 Å². The van der Waals surface area contributed by atoms with Crippen LogP contribution in [-0.2, 0) is 11.3 Å². The van der Waals surface area contributed by atoms with E-state index in [1.807, 2.05) is 41.7 Å². The zero-order valence-corrected chi connectivity index (χ0v) is 16.1. The minimum absolute atomic E-state index is 0.00453. The lowest BCUT2D eigenvalue weighted by atomic mass is 10.2. The van der Waals surface area contributed by atoms with Gasteiger partial charge < -0.3 is 9.88 Å². The molecule has 4 nitrogen and oxygen atoms in total. The molecule has 0 bridgehead atoms. The normalized spacial score (nSPS) is 15.2. The first-order valence-electron chi connectivity index (χ1n) is 7.61. The summed E-state index contributed by atoms with van der Waals surface area (Å²) in [7, 11) is 0. The standard InChI is InChI=1S/C17H17BrN2O2S2/c18-13-5-6-16(22)20(10-13)11-15(21)19-14-4-1-3-12(9-14)17-23-7-2-8-24-17/h1,3-6,9-10,17H,2,7-8,11H2,(H,19,21). The van der Waals surface area contributed by atoms with Gasteiger partial charge in [0, 0.05) is 22.4 Å². The molecule has 1 saturated heterocycles. The molecule has 2 heterocycles. The van der Waals surface area contributed by atoms with Crippen LogP contribution in [0.15, 0.2) is 51.9 Å². The molecule has 0 unspecified atom stereocenters. The molecule has 24 heavy (non-hydrogen) atoms. The van der Waals surface area contributed by atoms with E-state index in [0.717, 1.165) is 10.2 Å². The van der Waals surface area contributed by atoms with E-state index in [1.54, 1.807) is 12.3 Å². The Morgan fingerprint density at radius 3 is 2.83 bits per heavy atom. The van der Waals surface area contributed by atoms with Gasteiger partial charge in [0.05, 0.1) is 4.58 Å². The van der Waals surface area contributed by atoms with E-state index in [1.165, 1.54) is 34.1 Å². The summed E-state index contributed by atoms with van der Waals surface area (Å²) in [5.74, 6) is 2.15. The van der Waals surface area contributed by atoms with Gasteiger partial charge in [-0.1, -0.05) is 12.1 Å². The molecule has 0 aliphatic carbocycles.